The molecule has 0 aliphatic heterocycles. The zero-order chi connectivity index (χ0) is 27.5. The van der Waals surface area contributed by atoms with Crippen LogP contribution in [0.3, 0.4) is 0 Å². The molecule has 1 aromatic carbocycles. The van der Waals surface area contributed by atoms with E-state index in [4.69, 9.17) is 9.47 Å². The van der Waals surface area contributed by atoms with Gasteiger partial charge in [-0.15, -0.1) is 0 Å². The average molecular weight is 521 g/mol. The van der Waals surface area contributed by atoms with Crippen molar-refractivity contribution in [1.82, 2.24) is 0 Å². The number of hydrogen-bond donors (Lipinski definition) is 1. The van der Waals surface area contributed by atoms with Crippen LogP contribution in [0.2, 0.25) is 0 Å². The zero-order valence-electron chi connectivity index (χ0n) is 22.4. The molecular formula is C31H36O7. The van der Waals surface area contributed by atoms with Crippen LogP contribution in [-0.4, -0.2) is 46.9 Å². The molecule has 202 valence electrons. The predicted molar refractivity (Wildman–Crippen MR) is 139 cm³/mol. The summed E-state index contributed by atoms with van der Waals surface area (Å²) in [5.74, 6) is -2.10. The van der Waals surface area contributed by atoms with Gasteiger partial charge < -0.3 is 14.6 Å². The second kappa shape index (κ2) is 9.30. The first kappa shape index (κ1) is 26.5. The Morgan fingerprint density at radius 1 is 1.13 bits per heavy atom. The first-order valence-corrected chi connectivity index (χ1v) is 13.5. The minimum Gasteiger partial charge on any atom is -0.458 e. The van der Waals surface area contributed by atoms with Crippen molar-refractivity contribution in [3.8, 4) is 0 Å². The van der Waals surface area contributed by atoms with Crippen LogP contribution in [-0.2, 0) is 23.9 Å². The van der Waals surface area contributed by atoms with Gasteiger partial charge in [0, 0.05) is 29.6 Å². The number of aliphatic hydroxyl groups excluding tert-OH is 1. The summed E-state index contributed by atoms with van der Waals surface area (Å²) >= 11 is 0. The minimum absolute atomic E-state index is 0.0137. The van der Waals surface area contributed by atoms with Gasteiger partial charge in [0.05, 0.1) is 11.7 Å². The molecule has 1 aromatic rings. The number of aliphatic hydroxyl groups is 1. The number of esters is 2. The molecule has 7 heteroatoms. The fraction of sp³-hybridized carbons (Fsp3) is 0.548. The summed E-state index contributed by atoms with van der Waals surface area (Å²) in [7, 11) is 0. The Labute approximate surface area is 223 Å². The lowest BCUT2D eigenvalue weighted by Crippen LogP contribution is -2.64. The van der Waals surface area contributed by atoms with E-state index in [0.717, 1.165) is 18.4 Å². The van der Waals surface area contributed by atoms with E-state index < -0.39 is 46.9 Å². The second-order valence-corrected chi connectivity index (χ2v) is 12.0. The number of hydrogen-bond acceptors (Lipinski definition) is 7. The molecule has 0 radical (unpaired) electrons. The average Bonchev–Trinajstić information content (AvgIpc) is 3.09. The highest BCUT2D eigenvalue weighted by Gasteiger charge is 2.73. The third-order valence-corrected chi connectivity index (χ3v) is 10.1. The molecule has 38 heavy (non-hydrogen) atoms. The van der Waals surface area contributed by atoms with Crippen LogP contribution in [0.1, 0.15) is 63.7 Å². The smallest absolute Gasteiger partial charge is 0.339 e. The van der Waals surface area contributed by atoms with E-state index in [1.165, 1.54) is 6.92 Å². The van der Waals surface area contributed by atoms with Gasteiger partial charge in [0.2, 0.25) is 5.78 Å². The van der Waals surface area contributed by atoms with Crippen LogP contribution in [0.25, 0.3) is 0 Å². The van der Waals surface area contributed by atoms with Crippen LogP contribution in [0.15, 0.2) is 54.1 Å². The van der Waals surface area contributed by atoms with Crippen LogP contribution >= 0.6 is 0 Å². The number of Topliss-reactive ketones (excluding diaryl/α,β-unsaturated/α-hetero) is 1. The maximum absolute atomic E-state index is 14.0. The summed E-state index contributed by atoms with van der Waals surface area (Å²) in [5, 5.41) is 11.8. The number of fused-ring (bicyclic) bond motifs is 5. The first-order valence-electron chi connectivity index (χ1n) is 13.5. The monoisotopic (exact) mass is 520 g/mol. The molecule has 0 heterocycles. The van der Waals surface area contributed by atoms with Gasteiger partial charge in [0.25, 0.3) is 0 Å². The molecule has 4 aliphatic rings. The molecule has 3 saturated carbocycles. The number of ether oxygens (including phenoxy) is 2. The van der Waals surface area contributed by atoms with Crippen LogP contribution in [0, 0.1) is 34.5 Å². The van der Waals surface area contributed by atoms with Crippen molar-refractivity contribution < 1.29 is 33.8 Å². The number of carbonyl (C=O) groups is 4. The minimum atomic E-state index is -1.57. The SMILES string of the molecule is CC(=O)OCC(=O)[C@]1(OC(=O)c2ccccc2)[C@H](C)C[C@H]2[C@@H]3CCC4=CC(=O)C=C[C@]4(C)[C@H]3[C@@H](O)C[C@@]21C. The van der Waals surface area contributed by atoms with Crippen molar-refractivity contribution >= 4 is 23.5 Å². The molecule has 0 spiro atoms. The maximum Gasteiger partial charge on any atom is 0.339 e. The normalized spacial score (nSPS) is 39.3. The molecule has 1 N–H and O–H groups in total. The van der Waals surface area contributed by atoms with Crippen molar-refractivity contribution in [3.05, 3.63) is 59.7 Å². The Morgan fingerprint density at radius 2 is 1.84 bits per heavy atom. The molecule has 7 nitrogen and oxygen atoms in total. The molecule has 0 aromatic heterocycles. The van der Waals surface area contributed by atoms with Crippen molar-refractivity contribution in [3.63, 3.8) is 0 Å². The van der Waals surface area contributed by atoms with E-state index in [9.17, 15) is 24.3 Å². The van der Waals surface area contributed by atoms with E-state index in [0.29, 0.717) is 12.0 Å². The largest absolute Gasteiger partial charge is 0.458 e. The van der Waals surface area contributed by atoms with E-state index >= 15 is 0 Å². The van der Waals surface area contributed by atoms with Gasteiger partial charge in [-0.2, -0.15) is 0 Å². The topological polar surface area (TPSA) is 107 Å². The highest BCUT2D eigenvalue weighted by atomic mass is 16.6. The van der Waals surface area contributed by atoms with E-state index in [-0.39, 0.29) is 35.9 Å². The van der Waals surface area contributed by atoms with Crippen molar-refractivity contribution in [2.75, 3.05) is 6.61 Å². The number of rotatable bonds is 5. The molecule has 0 saturated heterocycles. The quantitative estimate of drug-likeness (QED) is 0.579. The van der Waals surface area contributed by atoms with Gasteiger partial charge in [0.15, 0.2) is 18.0 Å². The summed E-state index contributed by atoms with van der Waals surface area (Å²) in [4.78, 5) is 51.2. The van der Waals surface area contributed by atoms with E-state index in [1.807, 2.05) is 19.9 Å². The highest BCUT2D eigenvalue weighted by molar-refractivity contribution is 6.01. The summed E-state index contributed by atoms with van der Waals surface area (Å²) in [6.45, 7) is 6.72. The van der Waals surface area contributed by atoms with Gasteiger partial charge in [-0.1, -0.05) is 50.6 Å². The third-order valence-electron chi connectivity index (χ3n) is 10.1. The van der Waals surface area contributed by atoms with Gasteiger partial charge in [-0.25, -0.2) is 4.79 Å². The Bertz CT molecular complexity index is 1230. The van der Waals surface area contributed by atoms with Crippen molar-refractivity contribution in [1.29, 1.82) is 0 Å². The fourth-order valence-electron chi connectivity index (χ4n) is 8.57. The van der Waals surface area contributed by atoms with Crippen LogP contribution in [0.4, 0.5) is 0 Å². The Morgan fingerprint density at radius 3 is 2.53 bits per heavy atom. The number of benzene rings is 1. The number of allylic oxidation sites excluding steroid dienone is 4. The fourth-order valence-corrected chi connectivity index (χ4v) is 8.57. The zero-order valence-corrected chi connectivity index (χ0v) is 22.4. The third kappa shape index (κ3) is 3.81. The van der Waals surface area contributed by atoms with Crippen LogP contribution < -0.4 is 0 Å². The highest BCUT2D eigenvalue weighted by Crippen LogP contribution is 2.69. The standard InChI is InChI=1S/C31H36O7/c1-18-14-24-23-11-10-21-15-22(33)12-13-29(21,3)27(23)25(34)16-30(24,4)31(18,26(35)17-37-19(2)32)38-28(36)20-8-6-5-7-9-20/h5-9,12-13,15,18,23-25,27,34H,10-11,14,16-17H2,1-4H3/t18-,23+,24+,25+,27-,29+,30+,31-/m1/s1. The second-order valence-electron chi connectivity index (χ2n) is 12.0. The lowest BCUT2D eigenvalue weighted by Gasteiger charge is -2.60. The molecule has 8 atom stereocenters. The molecule has 0 amide bonds. The van der Waals surface area contributed by atoms with Crippen molar-refractivity contribution in [2.24, 2.45) is 34.5 Å². The Balaban J connectivity index is 1.57. The lowest BCUT2D eigenvalue weighted by molar-refractivity contribution is -0.187. The van der Waals surface area contributed by atoms with Crippen molar-refractivity contribution in [2.45, 2.75) is 65.1 Å². The van der Waals surface area contributed by atoms with Gasteiger partial charge in [0.1, 0.15) is 0 Å². The maximum atomic E-state index is 14.0. The molecule has 0 unspecified atom stereocenters. The van der Waals surface area contributed by atoms with Gasteiger partial charge in [-0.05, 0) is 61.8 Å². The lowest BCUT2D eigenvalue weighted by atomic mass is 9.46. The Hall–Kier alpha value is -3.06. The van der Waals surface area contributed by atoms with Gasteiger partial charge >= 0.3 is 11.9 Å². The van der Waals surface area contributed by atoms with Gasteiger partial charge in [-0.3, -0.25) is 14.4 Å². The predicted octanol–water partition coefficient (Wildman–Crippen LogP) is 4.24. The summed E-state index contributed by atoms with van der Waals surface area (Å²) in [5.41, 5.74) is -1.51. The number of ketones is 2. The number of carbonyl (C=O) groups excluding carboxylic acids is 4. The first-order chi connectivity index (χ1) is 17.9. The summed E-state index contributed by atoms with van der Waals surface area (Å²) < 4.78 is 11.4. The summed E-state index contributed by atoms with van der Waals surface area (Å²) in [6.07, 6.45) is 6.87. The summed E-state index contributed by atoms with van der Waals surface area (Å²) in [6, 6.07) is 8.55. The molecule has 5 rings (SSSR count). The molecule has 0 bridgehead atoms. The molecule has 3 fully saturated rings. The Kier molecular flexibility index (Phi) is 6.49. The van der Waals surface area contributed by atoms with E-state index in [2.05, 4.69) is 6.92 Å². The van der Waals surface area contributed by atoms with Crippen LogP contribution in [0.5, 0.6) is 0 Å². The van der Waals surface area contributed by atoms with E-state index in [1.54, 1.807) is 42.5 Å². The molecule has 4 aliphatic carbocycles. The molecular weight excluding hydrogens is 484 g/mol.